The van der Waals surface area contributed by atoms with Crippen molar-refractivity contribution >= 4 is 0 Å². The average Bonchev–Trinajstić information content (AvgIpc) is 2.84. The molecular weight excluding hydrogens is 231 g/mol. The zero-order valence-corrected chi connectivity index (χ0v) is 10.9. The number of nitrogens with zero attached hydrogens (tertiary/aromatic N) is 1. The highest BCUT2D eigenvalue weighted by molar-refractivity contribution is 5.36. The molecule has 0 radical (unpaired) electrons. The van der Waals surface area contributed by atoms with Crippen LogP contribution in [-0.4, -0.2) is 31.1 Å². The van der Waals surface area contributed by atoms with Crippen LogP contribution >= 0.6 is 0 Å². The van der Waals surface area contributed by atoms with Crippen LogP contribution in [0, 0.1) is 5.82 Å². The molecule has 0 spiro atoms. The van der Waals surface area contributed by atoms with Gasteiger partial charge in [0.15, 0.2) is 0 Å². The summed E-state index contributed by atoms with van der Waals surface area (Å²) < 4.78 is 18.9. The van der Waals surface area contributed by atoms with Crippen LogP contribution in [0.5, 0.6) is 5.75 Å². The molecule has 0 aromatic heterocycles. The Morgan fingerprint density at radius 3 is 2.78 bits per heavy atom. The third-order valence-corrected chi connectivity index (χ3v) is 3.33. The molecule has 1 aliphatic heterocycles. The molecular formula is C14H21FN2O. The van der Waals surface area contributed by atoms with Crippen LogP contribution in [0.25, 0.3) is 0 Å². The number of hydrogen-bond donors (Lipinski definition) is 1. The Balaban J connectivity index is 1.91. The maximum Gasteiger partial charge on any atom is 0.124 e. The first kappa shape index (κ1) is 13.3. The molecule has 4 heteroatoms. The van der Waals surface area contributed by atoms with Crippen molar-refractivity contribution in [3.05, 3.63) is 29.6 Å². The summed E-state index contributed by atoms with van der Waals surface area (Å²) in [6, 6.07) is 4.31. The molecule has 1 aromatic rings. The quantitative estimate of drug-likeness (QED) is 0.874. The first-order chi connectivity index (χ1) is 8.66. The molecule has 1 heterocycles. The summed E-state index contributed by atoms with van der Waals surface area (Å²) in [5, 5.41) is 0. The van der Waals surface area contributed by atoms with E-state index in [1.807, 2.05) is 6.92 Å². The van der Waals surface area contributed by atoms with Gasteiger partial charge in [0, 0.05) is 18.2 Å². The van der Waals surface area contributed by atoms with E-state index in [4.69, 9.17) is 10.5 Å². The molecule has 18 heavy (non-hydrogen) atoms. The van der Waals surface area contributed by atoms with Gasteiger partial charge in [0.1, 0.15) is 18.2 Å². The summed E-state index contributed by atoms with van der Waals surface area (Å²) in [5.41, 5.74) is 6.55. The largest absolute Gasteiger partial charge is 0.492 e. The Kier molecular flexibility index (Phi) is 4.55. The lowest BCUT2D eigenvalue weighted by Crippen LogP contribution is -2.25. The SMILES string of the molecule is CC(N)c1cc(F)ccc1OCCN1CCCC1. The molecule has 2 rings (SSSR count). The monoisotopic (exact) mass is 252 g/mol. The Hall–Kier alpha value is -1.13. The highest BCUT2D eigenvalue weighted by Gasteiger charge is 2.13. The summed E-state index contributed by atoms with van der Waals surface area (Å²) in [5.74, 6) is 0.430. The minimum Gasteiger partial charge on any atom is -0.492 e. The second kappa shape index (κ2) is 6.16. The third kappa shape index (κ3) is 3.43. The van der Waals surface area contributed by atoms with Gasteiger partial charge in [-0.2, -0.15) is 0 Å². The van der Waals surface area contributed by atoms with Crippen LogP contribution in [0.4, 0.5) is 4.39 Å². The molecule has 1 aliphatic rings. The molecule has 1 aromatic carbocycles. The van der Waals surface area contributed by atoms with Gasteiger partial charge in [-0.3, -0.25) is 4.90 Å². The molecule has 0 amide bonds. The average molecular weight is 252 g/mol. The van der Waals surface area contributed by atoms with E-state index >= 15 is 0 Å². The van der Waals surface area contributed by atoms with Crippen molar-refractivity contribution in [2.24, 2.45) is 5.73 Å². The maximum absolute atomic E-state index is 13.2. The molecule has 1 unspecified atom stereocenters. The first-order valence-electron chi connectivity index (χ1n) is 6.57. The molecule has 1 fully saturated rings. The lowest BCUT2D eigenvalue weighted by molar-refractivity contribution is 0.235. The van der Waals surface area contributed by atoms with Crippen LogP contribution in [0.15, 0.2) is 18.2 Å². The summed E-state index contributed by atoms with van der Waals surface area (Å²) in [6.45, 7) is 5.71. The minimum atomic E-state index is -0.269. The number of nitrogens with two attached hydrogens (primary N) is 1. The van der Waals surface area contributed by atoms with Gasteiger partial charge in [-0.25, -0.2) is 4.39 Å². The molecule has 0 aliphatic carbocycles. The normalized spacial score (nSPS) is 17.9. The van der Waals surface area contributed by atoms with E-state index in [0.29, 0.717) is 12.4 Å². The molecule has 1 atom stereocenters. The smallest absolute Gasteiger partial charge is 0.124 e. The lowest BCUT2D eigenvalue weighted by Gasteiger charge is -2.17. The second-order valence-corrected chi connectivity index (χ2v) is 4.87. The zero-order valence-electron chi connectivity index (χ0n) is 10.9. The van der Waals surface area contributed by atoms with Gasteiger partial charge in [-0.05, 0) is 51.1 Å². The van der Waals surface area contributed by atoms with Crippen molar-refractivity contribution in [3.8, 4) is 5.75 Å². The molecule has 1 saturated heterocycles. The van der Waals surface area contributed by atoms with Crippen LogP contribution in [-0.2, 0) is 0 Å². The van der Waals surface area contributed by atoms with Gasteiger partial charge in [-0.1, -0.05) is 0 Å². The van der Waals surface area contributed by atoms with E-state index in [2.05, 4.69) is 4.90 Å². The summed E-state index contributed by atoms with van der Waals surface area (Å²) in [6.07, 6.45) is 2.56. The Labute approximate surface area is 108 Å². The zero-order chi connectivity index (χ0) is 13.0. The van der Waals surface area contributed by atoms with E-state index < -0.39 is 0 Å². The summed E-state index contributed by atoms with van der Waals surface area (Å²) in [4.78, 5) is 2.38. The predicted molar refractivity (Wildman–Crippen MR) is 70.2 cm³/mol. The van der Waals surface area contributed by atoms with Crippen molar-refractivity contribution < 1.29 is 9.13 Å². The molecule has 100 valence electrons. The Morgan fingerprint density at radius 1 is 1.39 bits per heavy atom. The van der Waals surface area contributed by atoms with Gasteiger partial charge in [0.05, 0.1) is 0 Å². The number of likely N-dealkylation sites (tertiary alicyclic amines) is 1. The molecule has 3 nitrogen and oxygen atoms in total. The summed E-state index contributed by atoms with van der Waals surface area (Å²) >= 11 is 0. The van der Waals surface area contributed by atoms with E-state index in [9.17, 15) is 4.39 Å². The fraction of sp³-hybridized carbons (Fsp3) is 0.571. The summed E-state index contributed by atoms with van der Waals surface area (Å²) in [7, 11) is 0. The van der Waals surface area contributed by atoms with E-state index in [0.717, 1.165) is 25.2 Å². The number of ether oxygens (including phenoxy) is 1. The van der Waals surface area contributed by atoms with E-state index in [1.54, 1.807) is 6.07 Å². The number of halogens is 1. The Bertz CT molecular complexity index is 389. The van der Waals surface area contributed by atoms with Crippen molar-refractivity contribution in [2.75, 3.05) is 26.2 Å². The maximum atomic E-state index is 13.2. The van der Waals surface area contributed by atoms with E-state index in [1.165, 1.54) is 25.0 Å². The van der Waals surface area contributed by atoms with Crippen molar-refractivity contribution in [1.29, 1.82) is 0 Å². The third-order valence-electron chi connectivity index (χ3n) is 3.33. The number of hydrogen-bond acceptors (Lipinski definition) is 3. The van der Waals surface area contributed by atoms with E-state index in [-0.39, 0.29) is 11.9 Å². The highest BCUT2D eigenvalue weighted by Crippen LogP contribution is 2.24. The van der Waals surface area contributed by atoms with Crippen molar-refractivity contribution in [3.63, 3.8) is 0 Å². The fourth-order valence-corrected chi connectivity index (χ4v) is 2.30. The van der Waals surface area contributed by atoms with Crippen molar-refractivity contribution in [1.82, 2.24) is 4.90 Å². The first-order valence-corrected chi connectivity index (χ1v) is 6.57. The second-order valence-electron chi connectivity index (χ2n) is 4.87. The minimum absolute atomic E-state index is 0.220. The Morgan fingerprint density at radius 2 is 2.11 bits per heavy atom. The van der Waals surface area contributed by atoms with Crippen LogP contribution in [0.1, 0.15) is 31.4 Å². The van der Waals surface area contributed by atoms with Crippen LogP contribution in [0.2, 0.25) is 0 Å². The molecule has 0 saturated carbocycles. The predicted octanol–water partition coefficient (Wildman–Crippen LogP) is 2.32. The number of rotatable bonds is 5. The van der Waals surface area contributed by atoms with Gasteiger partial charge >= 0.3 is 0 Å². The standard InChI is InChI=1S/C14H21FN2O/c1-11(16)13-10-12(15)4-5-14(13)18-9-8-17-6-2-3-7-17/h4-5,10-11H,2-3,6-9,16H2,1H3. The molecule has 2 N–H and O–H groups in total. The van der Waals surface area contributed by atoms with Gasteiger partial charge in [0.2, 0.25) is 0 Å². The van der Waals surface area contributed by atoms with Crippen LogP contribution < -0.4 is 10.5 Å². The fourth-order valence-electron chi connectivity index (χ4n) is 2.30. The van der Waals surface area contributed by atoms with Crippen LogP contribution in [0.3, 0.4) is 0 Å². The van der Waals surface area contributed by atoms with Crippen molar-refractivity contribution in [2.45, 2.75) is 25.8 Å². The van der Waals surface area contributed by atoms with Gasteiger partial charge in [0.25, 0.3) is 0 Å². The topological polar surface area (TPSA) is 38.5 Å². The van der Waals surface area contributed by atoms with Gasteiger partial charge in [-0.15, -0.1) is 0 Å². The van der Waals surface area contributed by atoms with Gasteiger partial charge < -0.3 is 10.5 Å². The number of benzene rings is 1. The lowest BCUT2D eigenvalue weighted by atomic mass is 10.1. The molecule has 0 bridgehead atoms. The highest BCUT2D eigenvalue weighted by atomic mass is 19.1.